The third-order valence-corrected chi connectivity index (χ3v) is 6.59. The monoisotopic (exact) mass is 408 g/mol. The molecule has 3 heterocycles. The van der Waals surface area contributed by atoms with Crippen LogP contribution in [0.15, 0.2) is 48.5 Å². The molecular formula is C20H16N4O2S2. The van der Waals surface area contributed by atoms with Gasteiger partial charge in [-0.1, -0.05) is 12.1 Å². The van der Waals surface area contributed by atoms with Crippen molar-refractivity contribution in [3.05, 3.63) is 64.8 Å². The summed E-state index contributed by atoms with van der Waals surface area (Å²) in [6.45, 7) is 0. The molecule has 0 atom stereocenters. The van der Waals surface area contributed by atoms with Crippen LogP contribution in [-0.4, -0.2) is 27.8 Å². The fraction of sp³-hybridized carbons (Fsp3) is 0.150. The predicted octanol–water partition coefficient (Wildman–Crippen LogP) is 4.49. The summed E-state index contributed by atoms with van der Waals surface area (Å²) < 4.78 is 8.04. The van der Waals surface area contributed by atoms with E-state index < -0.39 is 0 Å². The van der Waals surface area contributed by atoms with Crippen molar-refractivity contribution in [1.29, 1.82) is 0 Å². The number of para-hydroxylation sites is 1. The first kappa shape index (κ1) is 17.3. The van der Waals surface area contributed by atoms with Crippen LogP contribution < -0.4 is 10.1 Å². The maximum Gasteiger partial charge on any atom is 0.285 e. The number of methoxy groups -OCH3 is 1. The van der Waals surface area contributed by atoms with Gasteiger partial charge in [-0.2, -0.15) is 16.9 Å². The third-order valence-electron chi connectivity index (χ3n) is 4.59. The van der Waals surface area contributed by atoms with Crippen molar-refractivity contribution in [2.75, 3.05) is 12.4 Å². The first-order valence-electron chi connectivity index (χ1n) is 8.73. The van der Waals surface area contributed by atoms with Crippen LogP contribution in [-0.2, 0) is 11.5 Å². The number of thiazole rings is 1. The van der Waals surface area contributed by atoms with Gasteiger partial charge >= 0.3 is 0 Å². The average molecular weight is 409 g/mol. The number of nitrogens with zero attached hydrogens (tertiary/aromatic N) is 3. The van der Waals surface area contributed by atoms with E-state index in [-0.39, 0.29) is 5.91 Å². The maximum absolute atomic E-state index is 12.9. The predicted molar refractivity (Wildman–Crippen MR) is 113 cm³/mol. The second kappa shape index (κ2) is 6.96. The van der Waals surface area contributed by atoms with E-state index in [1.165, 1.54) is 11.3 Å². The number of ether oxygens (including phenoxy) is 1. The van der Waals surface area contributed by atoms with Crippen LogP contribution in [0, 0.1) is 0 Å². The highest BCUT2D eigenvalue weighted by Crippen LogP contribution is 2.36. The van der Waals surface area contributed by atoms with Gasteiger partial charge in [0.2, 0.25) is 0 Å². The van der Waals surface area contributed by atoms with Gasteiger partial charge in [0.1, 0.15) is 11.6 Å². The van der Waals surface area contributed by atoms with Gasteiger partial charge in [-0.25, -0.2) is 9.67 Å². The Morgan fingerprint density at radius 3 is 2.75 bits per heavy atom. The first-order valence-corrected chi connectivity index (χ1v) is 10.7. The molecule has 2 aromatic heterocycles. The Balaban J connectivity index is 1.52. The highest BCUT2D eigenvalue weighted by molar-refractivity contribution is 7.98. The van der Waals surface area contributed by atoms with Gasteiger partial charge in [0.15, 0.2) is 5.01 Å². The van der Waals surface area contributed by atoms with Crippen LogP contribution in [0.3, 0.4) is 0 Å². The Labute approximate surface area is 169 Å². The number of hydrogen-bond donors (Lipinski definition) is 1. The fourth-order valence-corrected chi connectivity index (χ4v) is 5.08. The van der Waals surface area contributed by atoms with Crippen LogP contribution in [0.4, 0.5) is 5.82 Å². The molecule has 8 heteroatoms. The normalized spacial score (nSPS) is 12.9. The van der Waals surface area contributed by atoms with Gasteiger partial charge in [0.05, 0.1) is 28.7 Å². The molecule has 5 rings (SSSR count). The van der Waals surface area contributed by atoms with Crippen molar-refractivity contribution < 1.29 is 9.53 Å². The van der Waals surface area contributed by atoms with E-state index in [0.717, 1.165) is 50.2 Å². The van der Waals surface area contributed by atoms with Crippen molar-refractivity contribution >= 4 is 45.0 Å². The lowest BCUT2D eigenvalue weighted by Crippen LogP contribution is -2.16. The van der Waals surface area contributed by atoms with Gasteiger partial charge in [-0.05, 0) is 36.4 Å². The largest absolute Gasteiger partial charge is 0.497 e. The molecule has 1 aliphatic heterocycles. The molecule has 4 aromatic rings. The summed E-state index contributed by atoms with van der Waals surface area (Å²) in [6, 6.07) is 15.4. The lowest BCUT2D eigenvalue weighted by molar-refractivity contribution is 0.102. The van der Waals surface area contributed by atoms with E-state index in [2.05, 4.69) is 10.3 Å². The van der Waals surface area contributed by atoms with Crippen molar-refractivity contribution in [3.8, 4) is 11.4 Å². The number of hydrogen-bond acceptors (Lipinski definition) is 6. The van der Waals surface area contributed by atoms with E-state index in [0.29, 0.717) is 5.01 Å². The molecule has 28 heavy (non-hydrogen) atoms. The summed E-state index contributed by atoms with van der Waals surface area (Å²) in [5.74, 6) is 2.97. The number of anilines is 1. The van der Waals surface area contributed by atoms with Crippen LogP contribution in [0.1, 0.15) is 21.1 Å². The van der Waals surface area contributed by atoms with Gasteiger partial charge in [-0.15, -0.1) is 11.3 Å². The SMILES string of the molecule is COc1ccc(-n2nc3c(c2NC(=O)c2nc4ccccc4s2)CSC3)cc1. The minimum Gasteiger partial charge on any atom is -0.497 e. The fourth-order valence-electron chi connectivity index (χ4n) is 3.18. The number of carbonyl (C=O) groups is 1. The molecular weight excluding hydrogens is 392 g/mol. The van der Waals surface area contributed by atoms with Crippen molar-refractivity contribution in [3.63, 3.8) is 0 Å². The number of aromatic nitrogens is 3. The molecule has 0 saturated carbocycles. The molecule has 0 aliphatic carbocycles. The minimum atomic E-state index is -0.212. The summed E-state index contributed by atoms with van der Waals surface area (Å²) >= 11 is 3.19. The van der Waals surface area contributed by atoms with Gasteiger partial charge in [0, 0.05) is 17.1 Å². The molecule has 6 nitrogen and oxygen atoms in total. The maximum atomic E-state index is 12.9. The van der Waals surface area contributed by atoms with E-state index in [1.54, 1.807) is 23.6 Å². The standard InChI is InChI=1S/C20H16N4O2S2/c1-26-13-8-6-12(7-9-13)24-18(14-10-27-11-16(14)23-24)22-19(25)20-21-15-4-2-3-5-17(15)28-20/h2-9H,10-11H2,1H3,(H,22,25). The number of thioether (sulfide) groups is 1. The molecule has 0 unspecified atom stereocenters. The summed E-state index contributed by atoms with van der Waals surface area (Å²) in [4.78, 5) is 17.4. The summed E-state index contributed by atoms with van der Waals surface area (Å²) in [6.07, 6.45) is 0. The van der Waals surface area contributed by atoms with Gasteiger partial charge in [-0.3, -0.25) is 4.79 Å². The zero-order valence-corrected chi connectivity index (χ0v) is 16.6. The summed E-state index contributed by atoms with van der Waals surface area (Å²) in [5, 5.41) is 8.24. The van der Waals surface area contributed by atoms with Gasteiger partial charge in [0.25, 0.3) is 5.91 Å². The lowest BCUT2D eigenvalue weighted by Gasteiger charge is -2.10. The zero-order valence-electron chi connectivity index (χ0n) is 15.0. The molecule has 1 amide bonds. The minimum absolute atomic E-state index is 0.212. The Kier molecular flexibility index (Phi) is 4.29. The molecule has 140 valence electrons. The Hall–Kier alpha value is -2.84. The number of carbonyl (C=O) groups excluding carboxylic acids is 1. The molecule has 0 saturated heterocycles. The molecule has 1 aliphatic rings. The van der Waals surface area contributed by atoms with E-state index in [1.807, 2.05) is 48.5 Å². The molecule has 0 fully saturated rings. The second-order valence-electron chi connectivity index (χ2n) is 6.32. The molecule has 0 bridgehead atoms. The third kappa shape index (κ3) is 2.94. The van der Waals surface area contributed by atoms with Crippen molar-refractivity contribution in [1.82, 2.24) is 14.8 Å². The Morgan fingerprint density at radius 1 is 1.14 bits per heavy atom. The average Bonchev–Trinajstić information content (AvgIpc) is 3.43. The lowest BCUT2D eigenvalue weighted by atomic mass is 10.2. The van der Waals surface area contributed by atoms with E-state index in [4.69, 9.17) is 9.84 Å². The van der Waals surface area contributed by atoms with Crippen molar-refractivity contribution in [2.24, 2.45) is 0 Å². The molecule has 1 N–H and O–H groups in total. The van der Waals surface area contributed by atoms with Crippen LogP contribution in [0.25, 0.3) is 15.9 Å². The van der Waals surface area contributed by atoms with Gasteiger partial charge < -0.3 is 10.1 Å². The highest BCUT2D eigenvalue weighted by Gasteiger charge is 2.25. The summed E-state index contributed by atoms with van der Waals surface area (Å²) in [5.41, 5.74) is 3.80. The number of rotatable bonds is 4. The second-order valence-corrected chi connectivity index (χ2v) is 8.33. The smallest absolute Gasteiger partial charge is 0.285 e. The van der Waals surface area contributed by atoms with E-state index in [9.17, 15) is 4.79 Å². The topological polar surface area (TPSA) is 69.0 Å². The molecule has 2 aromatic carbocycles. The molecule has 0 radical (unpaired) electrons. The van der Waals surface area contributed by atoms with Crippen LogP contribution in [0.2, 0.25) is 0 Å². The molecule has 0 spiro atoms. The Bertz CT molecular complexity index is 1150. The number of benzene rings is 2. The zero-order chi connectivity index (χ0) is 19.1. The summed E-state index contributed by atoms with van der Waals surface area (Å²) in [7, 11) is 1.64. The number of amides is 1. The number of fused-ring (bicyclic) bond motifs is 2. The van der Waals surface area contributed by atoms with Crippen LogP contribution >= 0.6 is 23.1 Å². The highest BCUT2D eigenvalue weighted by atomic mass is 32.2. The van der Waals surface area contributed by atoms with E-state index >= 15 is 0 Å². The van der Waals surface area contributed by atoms with Crippen molar-refractivity contribution in [2.45, 2.75) is 11.5 Å². The number of nitrogens with one attached hydrogen (secondary N) is 1. The first-order chi connectivity index (χ1) is 13.7. The Morgan fingerprint density at radius 2 is 1.96 bits per heavy atom. The van der Waals surface area contributed by atoms with Crippen LogP contribution in [0.5, 0.6) is 5.75 Å². The quantitative estimate of drug-likeness (QED) is 0.539.